The zero-order chi connectivity index (χ0) is 31.1. The number of benzene rings is 4. The predicted molar refractivity (Wildman–Crippen MR) is 174 cm³/mol. The Balaban J connectivity index is 1.52. The van der Waals surface area contributed by atoms with E-state index in [1.807, 2.05) is 74.5 Å². The number of phenols is 1. The molecule has 2 aliphatic rings. The summed E-state index contributed by atoms with van der Waals surface area (Å²) in [5.74, 6) is -0.0697. The van der Waals surface area contributed by atoms with Crippen molar-refractivity contribution in [2.45, 2.75) is 39.3 Å². The summed E-state index contributed by atoms with van der Waals surface area (Å²) >= 11 is 6.78. The first-order chi connectivity index (χ1) is 21.0. The molecule has 1 amide bonds. The fourth-order valence-corrected chi connectivity index (χ4v) is 8.69. The quantitative estimate of drug-likeness (QED) is 0.216. The summed E-state index contributed by atoms with van der Waals surface area (Å²) in [6.45, 7) is 4.10. The largest absolute Gasteiger partial charge is 0.506 e. The number of phenolic OH excluding ortho intramolecular Hbond substituents is 1. The standard InChI is InChI=1S/C35H33ClN2O5S/c1-35(2)20-27-34(44(41,42)22-35)33(25-16-17-30(26(36)19-25)43-21-24-12-7-4-8-13-24)38(28-14-9-15-29(39)32(28)37-27)31(40)18-23-10-5-3-6-11-23/h3-17,19,33,37,39H,18,20-22H2,1-2H3. The number of halogens is 1. The van der Waals surface area contributed by atoms with Gasteiger partial charge in [-0.25, -0.2) is 8.42 Å². The molecule has 0 bridgehead atoms. The second-order valence-electron chi connectivity index (χ2n) is 12.0. The molecule has 1 atom stereocenters. The number of carbonyl (C=O) groups excluding carboxylic acids is 1. The molecule has 2 heterocycles. The number of rotatable bonds is 6. The predicted octanol–water partition coefficient (Wildman–Crippen LogP) is 7.42. The maximum absolute atomic E-state index is 14.3. The molecule has 2 aliphatic heterocycles. The van der Waals surface area contributed by atoms with Crippen LogP contribution in [0.15, 0.2) is 108 Å². The van der Waals surface area contributed by atoms with Gasteiger partial charge >= 0.3 is 0 Å². The zero-order valence-electron chi connectivity index (χ0n) is 24.5. The summed E-state index contributed by atoms with van der Waals surface area (Å²) in [6.07, 6.45) is 0.422. The van der Waals surface area contributed by atoms with E-state index in [4.69, 9.17) is 16.3 Å². The van der Waals surface area contributed by atoms with Gasteiger partial charge in [0.15, 0.2) is 9.84 Å². The number of ether oxygens (including phenoxy) is 1. The fourth-order valence-electron chi connectivity index (χ4n) is 6.08. The van der Waals surface area contributed by atoms with E-state index in [1.54, 1.807) is 30.3 Å². The van der Waals surface area contributed by atoms with Crippen molar-refractivity contribution in [2.75, 3.05) is 16.0 Å². The Kier molecular flexibility index (Phi) is 7.90. The van der Waals surface area contributed by atoms with E-state index in [9.17, 15) is 18.3 Å². The van der Waals surface area contributed by atoms with E-state index in [-0.39, 0.29) is 39.4 Å². The molecule has 0 radical (unpaired) electrons. The summed E-state index contributed by atoms with van der Waals surface area (Å²) in [5, 5.41) is 14.5. The molecule has 9 heteroatoms. The van der Waals surface area contributed by atoms with Crippen molar-refractivity contribution in [1.29, 1.82) is 0 Å². The minimum atomic E-state index is -3.88. The van der Waals surface area contributed by atoms with E-state index < -0.39 is 21.3 Å². The van der Waals surface area contributed by atoms with Crippen LogP contribution < -0.4 is 15.0 Å². The van der Waals surface area contributed by atoms with Crippen LogP contribution in [0.4, 0.5) is 11.4 Å². The third-order valence-corrected chi connectivity index (χ3v) is 10.5. The van der Waals surface area contributed by atoms with Gasteiger partial charge in [-0.15, -0.1) is 0 Å². The minimum Gasteiger partial charge on any atom is -0.506 e. The molecule has 44 heavy (non-hydrogen) atoms. The summed E-state index contributed by atoms with van der Waals surface area (Å²) in [4.78, 5) is 15.9. The van der Waals surface area contributed by atoms with Gasteiger partial charge in [0.25, 0.3) is 0 Å². The summed E-state index contributed by atoms with van der Waals surface area (Å²) in [6, 6.07) is 27.9. The molecule has 0 spiro atoms. The topological polar surface area (TPSA) is 95.9 Å². The number of fused-ring (bicyclic) bond motifs is 1. The molecule has 2 N–H and O–H groups in total. The Hall–Kier alpha value is -4.27. The van der Waals surface area contributed by atoms with Crippen LogP contribution in [0.1, 0.15) is 43.0 Å². The van der Waals surface area contributed by atoms with Crippen LogP contribution in [0.2, 0.25) is 5.02 Å². The molecule has 0 saturated heterocycles. The number of sulfone groups is 1. The lowest BCUT2D eigenvalue weighted by molar-refractivity contribution is -0.118. The van der Waals surface area contributed by atoms with E-state index in [0.29, 0.717) is 35.7 Å². The Labute approximate surface area is 262 Å². The Bertz CT molecular complexity index is 1860. The molecule has 4 aromatic rings. The number of amides is 1. The van der Waals surface area contributed by atoms with Gasteiger partial charge in [-0.1, -0.05) is 98.2 Å². The smallest absolute Gasteiger partial charge is 0.232 e. The fraction of sp³-hybridized carbons (Fsp3) is 0.229. The number of carbonyl (C=O) groups is 1. The normalized spacial score (nSPS) is 18.4. The number of nitrogens with one attached hydrogen (secondary N) is 1. The van der Waals surface area contributed by atoms with Crippen LogP contribution in [0.3, 0.4) is 0 Å². The van der Waals surface area contributed by atoms with Crippen LogP contribution >= 0.6 is 11.6 Å². The van der Waals surface area contributed by atoms with Crippen molar-refractivity contribution < 1.29 is 23.1 Å². The molecule has 1 unspecified atom stereocenters. The third kappa shape index (κ3) is 5.92. The molecular weight excluding hydrogens is 596 g/mol. The lowest BCUT2D eigenvalue weighted by atomic mass is 9.88. The summed E-state index contributed by atoms with van der Waals surface area (Å²) in [7, 11) is -3.88. The van der Waals surface area contributed by atoms with Crippen molar-refractivity contribution in [1.82, 2.24) is 0 Å². The first kappa shape index (κ1) is 29.8. The number of aromatic hydroxyl groups is 1. The number of hydrogen-bond donors (Lipinski definition) is 2. The first-order valence-electron chi connectivity index (χ1n) is 14.4. The van der Waals surface area contributed by atoms with E-state index in [2.05, 4.69) is 5.32 Å². The lowest BCUT2D eigenvalue weighted by Gasteiger charge is -2.37. The Morgan fingerprint density at radius 1 is 0.977 bits per heavy atom. The second-order valence-corrected chi connectivity index (χ2v) is 14.4. The maximum atomic E-state index is 14.3. The average molecular weight is 629 g/mol. The molecule has 6 rings (SSSR count). The van der Waals surface area contributed by atoms with Crippen molar-refractivity contribution in [3.05, 3.63) is 129 Å². The molecule has 7 nitrogen and oxygen atoms in total. The van der Waals surface area contributed by atoms with Crippen LogP contribution in [0.5, 0.6) is 11.5 Å². The van der Waals surface area contributed by atoms with Crippen LogP contribution in [-0.2, 0) is 27.7 Å². The molecule has 0 fully saturated rings. The van der Waals surface area contributed by atoms with Crippen molar-refractivity contribution >= 4 is 38.7 Å². The van der Waals surface area contributed by atoms with Crippen LogP contribution in [0, 0.1) is 5.41 Å². The number of anilines is 2. The highest BCUT2D eigenvalue weighted by Gasteiger charge is 2.47. The van der Waals surface area contributed by atoms with E-state index in [1.165, 1.54) is 11.0 Å². The number of para-hydroxylation sites is 1. The van der Waals surface area contributed by atoms with E-state index >= 15 is 0 Å². The van der Waals surface area contributed by atoms with Gasteiger partial charge in [0.1, 0.15) is 23.8 Å². The Morgan fingerprint density at radius 3 is 2.34 bits per heavy atom. The van der Waals surface area contributed by atoms with Gasteiger partial charge in [0.05, 0.1) is 33.8 Å². The third-order valence-electron chi connectivity index (χ3n) is 7.91. The summed E-state index contributed by atoms with van der Waals surface area (Å²) < 4.78 is 34.4. The zero-order valence-corrected chi connectivity index (χ0v) is 26.0. The highest BCUT2D eigenvalue weighted by atomic mass is 35.5. The summed E-state index contributed by atoms with van der Waals surface area (Å²) in [5.41, 5.74) is 2.80. The van der Waals surface area contributed by atoms with Crippen molar-refractivity contribution in [2.24, 2.45) is 5.41 Å². The number of nitrogens with zero attached hydrogens (tertiary/aromatic N) is 1. The van der Waals surface area contributed by atoms with Crippen LogP contribution in [-0.4, -0.2) is 25.2 Å². The molecule has 0 aromatic heterocycles. The molecule has 226 valence electrons. The van der Waals surface area contributed by atoms with Crippen molar-refractivity contribution in [3.8, 4) is 11.5 Å². The minimum absolute atomic E-state index is 0.0204. The van der Waals surface area contributed by atoms with Gasteiger partial charge in [0, 0.05) is 5.70 Å². The van der Waals surface area contributed by atoms with Gasteiger partial charge < -0.3 is 15.2 Å². The molecular formula is C35H33ClN2O5S. The van der Waals surface area contributed by atoms with E-state index in [0.717, 1.165) is 11.1 Å². The van der Waals surface area contributed by atoms with Gasteiger partial charge in [0.2, 0.25) is 5.91 Å². The SMILES string of the molecule is CC1(C)CC2=C(C(c3ccc(OCc4ccccc4)c(Cl)c3)N(C(=O)Cc3ccccc3)c3cccc(O)c3N2)S(=O)(=O)C1. The monoisotopic (exact) mass is 628 g/mol. The Morgan fingerprint density at radius 2 is 1.66 bits per heavy atom. The molecule has 0 aliphatic carbocycles. The maximum Gasteiger partial charge on any atom is 0.232 e. The average Bonchev–Trinajstić information content (AvgIpc) is 3.12. The number of allylic oxidation sites excluding steroid dienone is 1. The van der Waals surface area contributed by atoms with Crippen molar-refractivity contribution in [3.63, 3.8) is 0 Å². The highest BCUT2D eigenvalue weighted by molar-refractivity contribution is 7.95. The lowest BCUT2D eigenvalue weighted by Crippen LogP contribution is -2.41. The molecule has 4 aromatic carbocycles. The van der Waals surface area contributed by atoms with Crippen LogP contribution in [0.25, 0.3) is 0 Å². The van der Waals surface area contributed by atoms with Gasteiger partial charge in [-0.05, 0) is 52.8 Å². The second kappa shape index (κ2) is 11.7. The van der Waals surface area contributed by atoms with Gasteiger partial charge in [-0.3, -0.25) is 9.69 Å². The highest BCUT2D eigenvalue weighted by Crippen LogP contribution is 2.51. The van der Waals surface area contributed by atoms with Gasteiger partial charge in [-0.2, -0.15) is 0 Å². The first-order valence-corrected chi connectivity index (χ1v) is 16.4. The number of hydrogen-bond acceptors (Lipinski definition) is 6. The molecule has 0 saturated carbocycles.